The summed E-state index contributed by atoms with van der Waals surface area (Å²) in [7, 11) is 0. The van der Waals surface area contributed by atoms with Crippen LogP contribution >= 0.6 is 0 Å². The number of carbonyl (C=O) groups is 1. The zero-order valence-electron chi connectivity index (χ0n) is 16.4. The molecule has 0 radical (unpaired) electrons. The van der Waals surface area contributed by atoms with Gasteiger partial charge in [0.05, 0.1) is 18.8 Å². The third-order valence-corrected chi connectivity index (χ3v) is 5.36. The molecule has 0 bridgehead atoms. The van der Waals surface area contributed by atoms with Gasteiger partial charge in [0.25, 0.3) is 5.91 Å². The van der Waals surface area contributed by atoms with Crippen LogP contribution in [-0.2, 0) is 17.7 Å². The zero-order chi connectivity index (χ0) is 20.1. The molecule has 2 atom stereocenters. The van der Waals surface area contributed by atoms with Gasteiger partial charge in [-0.2, -0.15) is 0 Å². The van der Waals surface area contributed by atoms with E-state index in [-0.39, 0.29) is 24.2 Å². The van der Waals surface area contributed by atoms with Crippen LogP contribution in [0.25, 0.3) is 0 Å². The van der Waals surface area contributed by atoms with Crippen molar-refractivity contribution in [2.45, 2.75) is 31.5 Å². The number of aliphatic hydroxyl groups is 1. The second kappa shape index (κ2) is 9.30. The first-order chi connectivity index (χ1) is 14.2. The summed E-state index contributed by atoms with van der Waals surface area (Å²) >= 11 is 0. The van der Waals surface area contributed by atoms with Crippen molar-refractivity contribution in [1.82, 2.24) is 20.2 Å². The molecule has 3 heterocycles. The highest BCUT2D eigenvalue weighted by atomic mass is 16.5. The third kappa shape index (κ3) is 5.29. The Morgan fingerprint density at radius 2 is 2.17 bits per heavy atom. The minimum Gasteiger partial charge on any atom is -0.390 e. The second-order valence-corrected chi connectivity index (χ2v) is 7.61. The number of fused-ring (bicyclic) bond motifs is 1. The maximum absolute atomic E-state index is 12.4. The first kappa shape index (κ1) is 19.8. The molecule has 2 aliphatic heterocycles. The number of anilines is 1. The number of rotatable bonds is 7. The highest BCUT2D eigenvalue weighted by Crippen LogP contribution is 2.18. The van der Waals surface area contributed by atoms with E-state index in [1.54, 1.807) is 6.07 Å². The summed E-state index contributed by atoms with van der Waals surface area (Å²) < 4.78 is 5.34. The Kier molecular flexibility index (Phi) is 6.33. The van der Waals surface area contributed by atoms with Crippen molar-refractivity contribution in [3.8, 4) is 0 Å². The molecule has 8 nitrogen and oxygen atoms in total. The Hall–Kier alpha value is -2.55. The molecule has 1 saturated heterocycles. The van der Waals surface area contributed by atoms with Gasteiger partial charge in [0, 0.05) is 38.9 Å². The van der Waals surface area contributed by atoms with E-state index in [1.165, 1.54) is 17.5 Å². The van der Waals surface area contributed by atoms with E-state index in [4.69, 9.17) is 4.74 Å². The number of nitrogens with zero attached hydrogens (tertiary/aromatic N) is 3. The van der Waals surface area contributed by atoms with Gasteiger partial charge in [0.1, 0.15) is 17.8 Å². The lowest BCUT2D eigenvalue weighted by Crippen LogP contribution is -2.42. The molecule has 1 unspecified atom stereocenters. The van der Waals surface area contributed by atoms with Gasteiger partial charge in [-0.05, 0) is 24.0 Å². The largest absolute Gasteiger partial charge is 0.390 e. The fourth-order valence-electron chi connectivity index (χ4n) is 3.79. The summed E-state index contributed by atoms with van der Waals surface area (Å²) in [6.45, 7) is 3.81. The van der Waals surface area contributed by atoms with Crippen LogP contribution in [0.4, 0.5) is 5.82 Å². The molecule has 3 N–H and O–H groups in total. The van der Waals surface area contributed by atoms with E-state index in [0.717, 1.165) is 32.5 Å². The summed E-state index contributed by atoms with van der Waals surface area (Å²) in [5.74, 6) is 0.286. The number of hydrogen-bond donors (Lipinski definition) is 3. The molecule has 0 aliphatic carbocycles. The van der Waals surface area contributed by atoms with Crippen molar-refractivity contribution in [2.24, 2.45) is 0 Å². The molecule has 1 aromatic carbocycles. The predicted molar refractivity (Wildman–Crippen MR) is 109 cm³/mol. The predicted octanol–water partition coefficient (Wildman–Crippen LogP) is 0.826. The van der Waals surface area contributed by atoms with Gasteiger partial charge < -0.3 is 20.5 Å². The minimum absolute atomic E-state index is 0.181. The van der Waals surface area contributed by atoms with Gasteiger partial charge in [-0.1, -0.05) is 24.3 Å². The van der Waals surface area contributed by atoms with E-state index in [9.17, 15) is 9.90 Å². The molecule has 4 rings (SSSR count). The molecule has 0 saturated carbocycles. The number of nitrogens with one attached hydrogen (secondary N) is 2. The van der Waals surface area contributed by atoms with Crippen LogP contribution in [0.5, 0.6) is 0 Å². The average molecular weight is 397 g/mol. The van der Waals surface area contributed by atoms with Crippen molar-refractivity contribution in [3.05, 3.63) is 53.5 Å². The molecule has 2 aromatic rings. The Morgan fingerprint density at radius 1 is 1.31 bits per heavy atom. The van der Waals surface area contributed by atoms with Crippen LogP contribution in [0.15, 0.2) is 36.7 Å². The molecular weight excluding hydrogens is 370 g/mol. The lowest BCUT2D eigenvalue weighted by Gasteiger charge is -2.30. The van der Waals surface area contributed by atoms with Crippen molar-refractivity contribution in [1.29, 1.82) is 0 Å². The van der Waals surface area contributed by atoms with E-state index >= 15 is 0 Å². The van der Waals surface area contributed by atoms with Gasteiger partial charge in [0.15, 0.2) is 0 Å². The van der Waals surface area contributed by atoms with Crippen molar-refractivity contribution in [3.63, 3.8) is 0 Å². The Bertz CT molecular complexity index is 841. The number of ether oxygens (including phenoxy) is 1. The average Bonchev–Trinajstić information content (AvgIpc) is 3.25. The normalized spacial score (nSPS) is 20.1. The number of β-amino-alcohol motifs (C(OH)–C–C–N with tert-alkyl or cyclic N) is 1. The fourth-order valence-corrected chi connectivity index (χ4v) is 3.79. The number of amides is 1. The molecule has 1 fully saturated rings. The van der Waals surface area contributed by atoms with Gasteiger partial charge in [-0.3, -0.25) is 9.69 Å². The first-order valence-electron chi connectivity index (χ1n) is 10.1. The smallest absolute Gasteiger partial charge is 0.270 e. The second-order valence-electron chi connectivity index (χ2n) is 7.61. The lowest BCUT2D eigenvalue weighted by atomic mass is 10.00. The maximum atomic E-state index is 12.4. The van der Waals surface area contributed by atoms with Gasteiger partial charge in [-0.15, -0.1) is 0 Å². The van der Waals surface area contributed by atoms with E-state index in [1.807, 2.05) is 6.07 Å². The van der Waals surface area contributed by atoms with Gasteiger partial charge >= 0.3 is 0 Å². The molecule has 2 aliphatic rings. The summed E-state index contributed by atoms with van der Waals surface area (Å²) in [6.07, 6.45) is 2.63. The number of carbonyl (C=O) groups excluding carboxylic acids is 1. The van der Waals surface area contributed by atoms with Crippen molar-refractivity contribution in [2.75, 3.05) is 38.2 Å². The van der Waals surface area contributed by atoms with E-state index in [0.29, 0.717) is 19.0 Å². The summed E-state index contributed by atoms with van der Waals surface area (Å²) in [4.78, 5) is 22.8. The van der Waals surface area contributed by atoms with Crippen molar-refractivity contribution < 1.29 is 14.6 Å². The fraction of sp³-hybridized carbons (Fsp3) is 0.476. The highest BCUT2D eigenvalue weighted by Gasteiger charge is 2.20. The molecule has 154 valence electrons. The topological polar surface area (TPSA) is 99.6 Å². The lowest BCUT2D eigenvalue weighted by molar-refractivity contribution is 0.0838. The number of benzene rings is 1. The monoisotopic (exact) mass is 397 g/mol. The van der Waals surface area contributed by atoms with Crippen LogP contribution in [0.2, 0.25) is 0 Å². The van der Waals surface area contributed by atoms with Crippen LogP contribution in [0.1, 0.15) is 28.0 Å². The number of aliphatic hydroxyl groups excluding tert-OH is 1. The summed E-state index contributed by atoms with van der Waals surface area (Å²) in [6, 6.07) is 10.2. The quantitative estimate of drug-likeness (QED) is 0.636. The number of aromatic nitrogens is 2. The van der Waals surface area contributed by atoms with Crippen molar-refractivity contribution >= 4 is 11.7 Å². The van der Waals surface area contributed by atoms with Crippen LogP contribution < -0.4 is 10.6 Å². The molecule has 0 spiro atoms. The van der Waals surface area contributed by atoms with E-state index in [2.05, 4.69) is 43.7 Å². The molecule has 29 heavy (non-hydrogen) atoms. The van der Waals surface area contributed by atoms with E-state index < -0.39 is 6.10 Å². The van der Waals surface area contributed by atoms with Crippen LogP contribution in [0.3, 0.4) is 0 Å². The van der Waals surface area contributed by atoms with Crippen LogP contribution in [-0.4, -0.2) is 70.9 Å². The summed E-state index contributed by atoms with van der Waals surface area (Å²) in [5, 5.41) is 16.4. The standard InChI is InChI=1S/C21H27N5O3/c27-18(12-26-7-5-15-3-1-2-4-16(15)11-26)10-22-21(28)19-9-20(24-14-23-19)25-17-6-8-29-13-17/h1-4,9,14,17-18,27H,5-8,10-13H2,(H,22,28)(H,23,24,25)/t17?,18-/m0/s1. The maximum Gasteiger partial charge on any atom is 0.270 e. The SMILES string of the molecule is O=C(NC[C@H](O)CN1CCc2ccccc2C1)c1cc(NC2CCOC2)ncn1. The minimum atomic E-state index is -0.640. The third-order valence-electron chi connectivity index (χ3n) is 5.36. The highest BCUT2D eigenvalue weighted by molar-refractivity contribution is 5.92. The molecule has 8 heteroatoms. The summed E-state index contributed by atoms with van der Waals surface area (Å²) in [5.41, 5.74) is 2.97. The Labute approximate surface area is 170 Å². The Morgan fingerprint density at radius 3 is 3.00 bits per heavy atom. The molecule has 1 aromatic heterocycles. The van der Waals surface area contributed by atoms with Gasteiger partial charge in [-0.25, -0.2) is 9.97 Å². The zero-order valence-corrected chi connectivity index (χ0v) is 16.4. The Balaban J connectivity index is 1.25. The van der Waals surface area contributed by atoms with Crippen LogP contribution in [0, 0.1) is 0 Å². The molecular formula is C21H27N5O3. The molecule has 1 amide bonds. The van der Waals surface area contributed by atoms with Gasteiger partial charge in [0.2, 0.25) is 0 Å². The number of hydrogen-bond acceptors (Lipinski definition) is 7. The first-order valence-corrected chi connectivity index (χ1v) is 10.1.